The monoisotopic (exact) mass is 525 g/mol. The summed E-state index contributed by atoms with van der Waals surface area (Å²) in [5, 5.41) is 25.6. The van der Waals surface area contributed by atoms with Crippen LogP contribution in [0.25, 0.3) is 0 Å². The molecule has 13 heteroatoms. The molecular formula is C23H35N5O7S. The Morgan fingerprint density at radius 3 is 1.97 bits per heavy atom. The average Bonchev–Trinajstić information content (AvgIpc) is 2.84. The predicted octanol–water partition coefficient (Wildman–Crippen LogP) is -0.981. The highest BCUT2D eigenvalue weighted by molar-refractivity contribution is 7.80. The fourth-order valence-electron chi connectivity index (χ4n) is 3.24. The van der Waals surface area contributed by atoms with Gasteiger partial charge < -0.3 is 37.6 Å². The Bertz CT molecular complexity index is 887. The Labute approximate surface area is 215 Å². The zero-order valence-corrected chi connectivity index (χ0v) is 20.8. The number of hydrogen-bond donors (Lipinski definition) is 8. The molecule has 0 spiro atoms. The number of aliphatic carboxylic acids is 2. The Hall–Kier alpha value is -3.16. The van der Waals surface area contributed by atoms with Crippen LogP contribution in [0.2, 0.25) is 0 Å². The van der Waals surface area contributed by atoms with E-state index < -0.39 is 53.8 Å². The van der Waals surface area contributed by atoms with Gasteiger partial charge in [0.1, 0.15) is 18.1 Å². The highest BCUT2D eigenvalue weighted by Gasteiger charge is 2.30. The fraction of sp³-hybridized carbons (Fsp3) is 0.522. The molecule has 1 rings (SSSR count). The number of nitrogens with two attached hydrogens (primary N) is 2. The second kappa shape index (κ2) is 16.5. The summed E-state index contributed by atoms with van der Waals surface area (Å²) in [6.45, 7) is 0.375. The standard InChI is InChI=1S/C23H35N5O7S/c24-11-5-4-8-16(26-20(31)15(25)9-10-19(29)30)21(32)27-17(12-14-6-2-1-3-7-14)22(33)28-18(13-36)23(34)35/h1-3,6-7,15-18,36H,4-5,8-13,24-25H2,(H,26,31)(H,27,32)(H,28,33)(H,29,30)(H,34,35). The minimum atomic E-state index is -1.27. The summed E-state index contributed by atoms with van der Waals surface area (Å²) in [5.74, 6) is -4.62. The summed E-state index contributed by atoms with van der Waals surface area (Å²) in [5.41, 5.74) is 12.0. The lowest BCUT2D eigenvalue weighted by Crippen LogP contribution is -2.57. The number of rotatable bonds is 17. The number of carboxylic acids is 2. The van der Waals surface area contributed by atoms with Gasteiger partial charge in [-0.15, -0.1) is 0 Å². The lowest BCUT2D eigenvalue weighted by molar-refractivity contribution is -0.141. The van der Waals surface area contributed by atoms with E-state index in [9.17, 15) is 29.1 Å². The normalized spacial score (nSPS) is 14.1. The van der Waals surface area contributed by atoms with Crippen LogP contribution < -0.4 is 27.4 Å². The third kappa shape index (κ3) is 11.5. The van der Waals surface area contributed by atoms with Crippen molar-refractivity contribution in [2.45, 2.75) is 62.7 Å². The van der Waals surface area contributed by atoms with E-state index >= 15 is 0 Å². The van der Waals surface area contributed by atoms with E-state index in [1.165, 1.54) is 0 Å². The number of carboxylic acid groups (broad SMARTS) is 2. The van der Waals surface area contributed by atoms with Crippen LogP contribution in [0.3, 0.4) is 0 Å². The third-order valence-electron chi connectivity index (χ3n) is 5.30. The summed E-state index contributed by atoms with van der Waals surface area (Å²) in [4.78, 5) is 60.7. The lowest BCUT2D eigenvalue weighted by atomic mass is 10.0. The number of carbonyl (C=O) groups is 5. The summed E-state index contributed by atoms with van der Waals surface area (Å²) in [7, 11) is 0. The molecule has 0 fully saturated rings. The first-order valence-electron chi connectivity index (χ1n) is 11.5. The van der Waals surface area contributed by atoms with Crippen molar-refractivity contribution in [3.63, 3.8) is 0 Å². The molecule has 3 amide bonds. The van der Waals surface area contributed by atoms with Crippen molar-refractivity contribution in [1.29, 1.82) is 0 Å². The molecule has 200 valence electrons. The maximum Gasteiger partial charge on any atom is 0.327 e. The number of thiol groups is 1. The van der Waals surface area contributed by atoms with Crippen LogP contribution in [0.1, 0.15) is 37.7 Å². The molecule has 9 N–H and O–H groups in total. The van der Waals surface area contributed by atoms with Crippen molar-refractivity contribution in [3.05, 3.63) is 35.9 Å². The molecule has 1 aromatic rings. The zero-order chi connectivity index (χ0) is 27.1. The molecule has 4 atom stereocenters. The van der Waals surface area contributed by atoms with Crippen molar-refractivity contribution in [2.75, 3.05) is 12.3 Å². The molecule has 1 aromatic carbocycles. The highest BCUT2D eigenvalue weighted by Crippen LogP contribution is 2.08. The first kappa shape index (κ1) is 30.9. The summed E-state index contributed by atoms with van der Waals surface area (Å²) < 4.78 is 0. The van der Waals surface area contributed by atoms with Gasteiger partial charge in [0.15, 0.2) is 0 Å². The Morgan fingerprint density at radius 2 is 1.42 bits per heavy atom. The molecule has 0 heterocycles. The maximum atomic E-state index is 13.2. The van der Waals surface area contributed by atoms with Crippen molar-refractivity contribution >= 4 is 42.3 Å². The number of nitrogens with one attached hydrogen (secondary N) is 3. The second-order valence-electron chi connectivity index (χ2n) is 8.22. The van der Waals surface area contributed by atoms with E-state index in [1.807, 2.05) is 0 Å². The van der Waals surface area contributed by atoms with E-state index in [2.05, 4.69) is 28.6 Å². The van der Waals surface area contributed by atoms with E-state index in [0.29, 0.717) is 19.4 Å². The van der Waals surface area contributed by atoms with Crippen LogP contribution in [0.15, 0.2) is 30.3 Å². The molecule has 0 bridgehead atoms. The number of hydrogen-bond acceptors (Lipinski definition) is 8. The van der Waals surface area contributed by atoms with Gasteiger partial charge in [0.2, 0.25) is 17.7 Å². The van der Waals surface area contributed by atoms with Gasteiger partial charge >= 0.3 is 11.9 Å². The van der Waals surface area contributed by atoms with Crippen molar-refractivity contribution in [3.8, 4) is 0 Å². The van der Waals surface area contributed by atoms with Gasteiger partial charge in [0.05, 0.1) is 6.04 Å². The van der Waals surface area contributed by atoms with Crippen LogP contribution in [0.4, 0.5) is 0 Å². The molecule has 0 aliphatic heterocycles. The topological polar surface area (TPSA) is 214 Å². The molecular weight excluding hydrogens is 490 g/mol. The van der Waals surface area contributed by atoms with Crippen molar-refractivity contribution in [1.82, 2.24) is 16.0 Å². The van der Waals surface area contributed by atoms with Gasteiger partial charge in [-0.25, -0.2) is 4.79 Å². The number of carbonyl (C=O) groups excluding carboxylic acids is 3. The smallest absolute Gasteiger partial charge is 0.327 e. The van der Waals surface area contributed by atoms with Crippen molar-refractivity contribution in [2.24, 2.45) is 11.5 Å². The maximum absolute atomic E-state index is 13.2. The number of benzene rings is 1. The van der Waals surface area contributed by atoms with Crippen LogP contribution in [-0.2, 0) is 30.4 Å². The number of amides is 3. The summed E-state index contributed by atoms with van der Waals surface area (Å²) in [6, 6.07) is 4.20. The molecule has 0 aromatic heterocycles. The quantitative estimate of drug-likeness (QED) is 0.0925. The largest absolute Gasteiger partial charge is 0.481 e. The minimum Gasteiger partial charge on any atom is -0.481 e. The van der Waals surface area contributed by atoms with E-state index in [1.54, 1.807) is 30.3 Å². The second-order valence-corrected chi connectivity index (χ2v) is 8.58. The first-order chi connectivity index (χ1) is 17.1. The fourth-order valence-corrected chi connectivity index (χ4v) is 3.49. The third-order valence-corrected chi connectivity index (χ3v) is 5.66. The van der Waals surface area contributed by atoms with E-state index in [-0.39, 0.29) is 31.4 Å². The Morgan fingerprint density at radius 1 is 0.833 bits per heavy atom. The van der Waals surface area contributed by atoms with Gasteiger partial charge in [-0.1, -0.05) is 30.3 Å². The van der Waals surface area contributed by atoms with Crippen LogP contribution in [0.5, 0.6) is 0 Å². The molecule has 0 saturated carbocycles. The summed E-state index contributed by atoms with van der Waals surface area (Å²) >= 11 is 3.94. The lowest BCUT2D eigenvalue weighted by Gasteiger charge is -2.25. The van der Waals surface area contributed by atoms with Crippen LogP contribution >= 0.6 is 12.6 Å². The number of unbranched alkanes of at least 4 members (excludes halogenated alkanes) is 1. The van der Waals surface area contributed by atoms with Gasteiger partial charge in [-0.05, 0) is 37.8 Å². The average molecular weight is 526 g/mol. The Balaban J connectivity index is 3.04. The highest BCUT2D eigenvalue weighted by atomic mass is 32.1. The van der Waals surface area contributed by atoms with Gasteiger partial charge in [0, 0.05) is 18.6 Å². The van der Waals surface area contributed by atoms with Gasteiger partial charge in [0.25, 0.3) is 0 Å². The summed E-state index contributed by atoms with van der Waals surface area (Å²) in [6.07, 6.45) is 0.926. The van der Waals surface area contributed by atoms with E-state index in [0.717, 1.165) is 5.56 Å². The minimum absolute atomic E-state index is 0.0684. The van der Waals surface area contributed by atoms with Crippen molar-refractivity contribution < 1.29 is 34.2 Å². The molecule has 0 radical (unpaired) electrons. The van der Waals surface area contributed by atoms with Crippen LogP contribution in [0, 0.1) is 0 Å². The van der Waals surface area contributed by atoms with Gasteiger partial charge in [-0.3, -0.25) is 19.2 Å². The molecule has 0 aliphatic rings. The predicted molar refractivity (Wildman–Crippen MR) is 135 cm³/mol. The molecule has 0 aliphatic carbocycles. The SMILES string of the molecule is NCCCCC(NC(=O)C(N)CCC(=O)O)C(=O)NC(Cc1ccccc1)C(=O)NC(CS)C(=O)O. The Kier molecular flexibility index (Phi) is 14.1. The molecule has 4 unspecified atom stereocenters. The van der Waals surface area contributed by atoms with E-state index in [4.69, 9.17) is 16.6 Å². The molecule has 36 heavy (non-hydrogen) atoms. The van der Waals surface area contributed by atoms with Crippen LogP contribution in [-0.4, -0.2) is 76.3 Å². The first-order valence-corrected chi connectivity index (χ1v) is 12.2. The zero-order valence-electron chi connectivity index (χ0n) is 19.9. The molecule has 12 nitrogen and oxygen atoms in total. The van der Waals surface area contributed by atoms with Gasteiger partial charge in [-0.2, -0.15) is 12.6 Å². The molecule has 0 saturated heterocycles.